The summed E-state index contributed by atoms with van der Waals surface area (Å²) in [5, 5.41) is 5.56. The fraction of sp³-hybridized carbons (Fsp3) is 0.235. The van der Waals surface area contributed by atoms with E-state index in [9.17, 15) is 13.6 Å². The Morgan fingerprint density at radius 1 is 1.05 bits per heavy atom. The molecule has 0 fully saturated rings. The van der Waals surface area contributed by atoms with Gasteiger partial charge in [-0.25, -0.2) is 8.78 Å². The maximum atomic E-state index is 13.4. The molecule has 1 amide bonds. The molecule has 2 N–H and O–H groups in total. The molecule has 116 valence electrons. The predicted molar refractivity (Wildman–Crippen MR) is 84.0 cm³/mol. The summed E-state index contributed by atoms with van der Waals surface area (Å²) in [6.07, 6.45) is 0.184. The van der Waals surface area contributed by atoms with Crippen molar-refractivity contribution in [1.82, 2.24) is 0 Å². The van der Waals surface area contributed by atoms with Crippen LogP contribution in [0.1, 0.15) is 17.5 Å². The van der Waals surface area contributed by atoms with E-state index >= 15 is 0 Å². The van der Waals surface area contributed by atoms with Gasteiger partial charge in [0.15, 0.2) is 0 Å². The van der Waals surface area contributed by atoms with Gasteiger partial charge in [-0.2, -0.15) is 0 Å². The van der Waals surface area contributed by atoms with E-state index in [4.69, 9.17) is 0 Å². The fourth-order valence-electron chi connectivity index (χ4n) is 1.98. The van der Waals surface area contributed by atoms with E-state index in [1.807, 2.05) is 32.0 Å². The molecular formula is C17H18F2N2O. The molecule has 0 bridgehead atoms. The molecule has 0 atom stereocenters. The zero-order valence-electron chi connectivity index (χ0n) is 12.5. The van der Waals surface area contributed by atoms with Crippen LogP contribution in [0, 0.1) is 25.5 Å². The quantitative estimate of drug-likeness (QED) is 0.876. The Labute approximate surface area is 128 Å². The van der Waals surface area contributed by atoms with Crippen LogP contribution in [0.4, 0.5) is 20.2 Å². The number of anilines is 2. The Morgan fingerprint density at radius 2 is 1.82 bits per heavy atom. The van der Waals surface area contributed by atoms with Crippen LogP contribution in [0.25, 0.3) is 0 Å². The van der Waals surface area contributed by atoms with E-state index in [1.54, 1.807) is 0 Å². The van der Waals surface area contributed by atoms with Gasteiger partial charge in [0.05, 0.1) is 5.69 Å². The van der Waals surface area contributed by atoms with Gasteiger partial charge in [-0.3, -0.25) is 4.79 Å². The highest BCUT2D eigenvalue weighted by Crippen LogP contribution is 2.16. The third-order valence-corrected chi connectivity index (χ3v) is 3.39. The number of carbonyl (C=O) groups is 1. The van der Waals surface area contributed by atoms with Crippen LogP contribution in [0.2, 0.25) is 0 Å². The van der Waals surface area contributed by atoms with Crippen molar-refractivity contribution in [1.29, 1.82) is 0 Å². The molecule has 0 heterocycles. The first-order valence-corrected chi connectivity index (χ1v) is 7.02. The highest BCUT2D eigenvalue weighted by Gasteiger charge is 2.07. The molecule has 0 aromatic heterocycles. The lowest BCUT2D eigenvalue weighted by Gasteiger charge is -2.09. The SMILES string of the molecule is Cc1ccc(NCCC(=O)Nc2ccc(F)cc2F)cc1C. The standard InChI is InChI=1S/C17H18F2N2O/c1-11-3-5-14(9-12(11)2)20-8-7-17(22)21-16-6-4-13(18)10-15(16)19/h3-6,9-10,20H,7-8H2,1-2H3,(H,21,22). The topological polar surface area (TPSA) is 41.1 Å². The lowest BCUT2D eigenvalue weighted by Crippen LogP contribution is -2.17. The van der Waals surface area contributed by atoms with Gasteiger partial charge >= 0.3 is 0 Å². The van der Waals surface area contributed by atoms with Crippen LogP contribution in [0.15, 0.2) is 36.4 Å². The van der Waals surface area contributed by atoms with Gasteiger partial charge in [0.25, 0.3) is 0 Å². The largest absolute Gasteiger partial charge is 0.385 e. The normalized spacial score (nSPS) is 10.4. The highest BCUT2D eigenvalue weighted by atomic mass is 19.1. The summed E-state index contributed by atoms with van der Waals surface area (Å²) < 4.78 is 26.2. The van der Waals surface area contributed by atoms with Crippen LogP contribution < -0.4 is 10.6 Å². The summed E-state index contributed by atoms with van der Waals surface area (Å²) in [5.41, 5.74) is 3.29. The molecule has 22 heavy (non-hydrogen) atoms. The summed E-state index contributed by atoms with van der Waals surface area (Å²) in [6.45, 7) is 4.48. The number of halogens is 2. The number of nitrogens with one attached hydrogen (secondary N) is 2. The molecule has 2 aromatic carbocycles. The second-order valence-corrected chi connectivity index (χ2v) is 5.15. The first kappa shape index (κ1) is 15.9. The Hall–Kier alpha value is -2.43. The minimum absolute atomic E-state index is 0.0161. The molecule has 0 aliphatic carbocycles. The molecule has 3 nitrogen and oxygen atoms in total. The number of hydrogen-bond donors (Lipinski definition) is 2. The van der Waals surface area contributed by atoms with Crippen molar-refractivity contribution >= 4 is 17.3 Å². The first-order chi connectivity index (χ1) is 10.5. The fourth-order valence-corrected chi connectivity index (χ4v) is 1.98. The molecule has 0 radical (unpaired) electrons. The van der Waals surface area contributed by atoms with Gasteiger partial charge < -0.3 is 10.6 Å². The summed E-state index contributed by atoms with van der Waals surface area (Å²) in [5.74, 6) is -1.79. The van der Waals surface area contributed by atoms with Crippen LogP contribution in [-0.4, -0.2) is 12.5 Å². The van der Waals surface area contributed by atoms with Gasteiger partial charge in [0, 0.05) is 24.7 Å². The molecule has 2 rings (SSSR count). The maximum absolute atomic E-state index is 13.4. The van der Waals surface area contributed by atoms with Crippen molar-refractivity contribution in [2.24, 2.45) is 0 Å². The van der Waals surface area contributed by atoms with Crippen molar-refractivity contribution in [3.8, 4) is 0 Å². The van der Waals surface area contributed by atoms with Crippen molar-refractivity contribution in [3.63, 3.8) is 0 Å². The Balaban J connectivity index is 1.83. The van der Waals surface area contributed by atoms with E-state index < -0.39 is 11.6 Å². The molecule has 0 saturated carbocycles. The summed E-state index contributed by atoms with van der Waals surface area (Å²) in [6, 6.07) is 9.01. The first-order valence-electron chi connectivity index (χ1n) is 7.02. The molecule has 0 spiro atoms. The minimum atomic E-state index is -0.782. The molecule has 0 aliphatic heterocycles. The van der Waals surface area contributed by atoms with Gasteiger partial charge in [-0.1, -0.05) is 6.07 Å². The smallest absolute Gasteiger partial charge is 0.226 e. The van der Waals surface area contributed by atoms with Crippen LogP contribution in [0.5, 0.6) is 0 Å². The van der Waals surface area contributed by atoms with Gasteiger partial charge in [0.2, 0.25) is 5.91 Å². The van der Waals surface area contributed by atoms with E-state index in [0.717, 1.165) is 17.8 Å². The highest BCUT2D eigenvalue weighted by molar-refractivity contribution is 5.91. The predicted octanol–water partition coefficient (Wildman–Crippen LogP) is 4.02. The number of rotatable bonds is 5. The second kappa shape index (κ2) is 7.02. The van der Waals surface area contributed by atoms with Crippen LogP contribution in [0.3, 0.4) is 0 Å². The molecule has 5 heteroatoms. The molecule has 2 aromatic rings. The lowest BCUT2D eigenvalue weighted by atomic mass is 10.1. The van der Waals surface area contributed by atoms with E-state index in [0.29, 0.717) is 6.54 Å². The number of hydrogen-bond acceptors (Lipinski definition) is 2. The summed E-state index contributed by atoms with van der Waals surface area (Å²) in [7, 11) is 0. The number of benzene rings is 2. The lowest BCUT2D eigenvalue weighted by molar-refractivity contribution is -0.116. The van der Waals surface area contributed by atoms with Crippen molar-refractivity contribution in [2.75, 3.05) is 17.2 Å². The summed E-state index contributed by atoms with van der Waals surface area (Å²) in [4.78, 5) is 11.7. The molecule has 0 unspecified atom stereocenters. The Morgan fingerprint density at radius 3 is 2.50 bits per heavy atom. The van der Waals surface area contributed by atoms with E-state index in [1.165, 1.54) is 17.2 Å². The minimum Gasteiger partial charge on any atom is -0.385 e. The van der Waals surface area contributed by atoms with Gasteiger partial charge in [-0.05, 0) is 49.2 Å². The van der Waals surface area contributed by atoms with Crippen molar-refractivity contribution in [2.45, 2.75) is 20.3 Å². The van der Waals surface area contributed by atoms with Gasteiger partial charge in [0.1, 0.15) is 11.6 Å². The molecular weight excluding hydrogens is 286 g/mol. The van der Waals surface area contributed by atoms with Crippen molar-refractivity contribution < 1.29 is 13.6 Å². The monoisotopic (exact) mass is 304 g/mol. The summed E-state index contributed by atoms with van der Waals surface area (Å²) >= 11 is 0. The number of amides is 1. The third kappa shape index (κ3) is 4.28. The van der Waals surface area contributed by atoms with Gasteiger partial charge in [-0.15, -0.1) is 0 Å². The number of aryl methyl sites for hydroxylation is 2. The van der Waals surface area contributed by atoms with Crippen LogP contribution >= 0.6 is 0 Å². The Bertz CT molecular complexity index is 686. The molecule has 0 saturated heterocycles. The zero-order valence-corrected chi connectivity index (χ0v) is 12.5. The maximum Gasteiger partial charge on any atom is 0.226 e. The zero-order chi connectivity index (χ0) is 16.1. The second-order valence-electron chi connectivity index (χ2n) is 5.15. The third-order valence-electron chi connectivity index (χ3n) is 3.39. The van der Waals surface area contributed by atoms with E-state index in [-0.39, 0.29) is 18.0 Å². The van der Waals surface area contributed by atoms with Crippen molar-refractivity contribution in [3.05, 3.63) is 59.2 Å². The van der Waals surface area contributed by atoms with Crippen LogP contribution in [-0.2, 0) is 4.79 Å². The average molecular weight is 304 g/mol. The number of carbonyl (C=O) groups excluding carboxylic acids is 1. The average Bonchev–Trinajstić information content (AvgIpc) is 2.46. The van der Waals surface area contributed by atoms with E-state index in [2.05, 4.69) is 10.6 Å². The molecule has 0 aliphatic rings. The Kier molecular flexibility index (Phi) is 5.09.